The predicted molar refractivity (Wildman–Crippen MR) is 82.4 cm³/mol. The average molecular weight is 270 g/mol. The lowest BCUT2D eigenvalue weighted by Crippen LogP contribution is -2.26. The molecule has 0 aliphatic heterocycles. The first-order valence-electron chi connectivity index (χ1n) is 6.85. The molecule has 106 valence electrons. The zero-order valence-electron chi connectivity index (χ0n) is 12.5. The molecule has 0 aromatic heterocycles. The van der Waals surface area contributed by atoms with Gasteiger partial charge in [-0.1, -0.05) is 48.5 Å². The van der Waals surface area contributed by atoms with Crippen molar-refractivity contribution in [2.45, 2.75) is 38.9 Å². The smallest absolute Gasteiger partial charge is 0.0850 e. The average Bonchev–Trinajstić information content (AvgIpc) is 2.37. The van der Waals surface area contributed by atoms with Gasteiger partial charge in [0, 0.05) is 0 Å². The summed E-state index contributed by atoms with van der Waals surface area (Å²) in [5.41, 5.74) is 1.50. The number of hydrogen-bond acceptors (Lipinski definition) is 2. The van der Waals surface area contributed by atoms with Crippen LogP contribution < -0.4 is 0 Å². The molecule has 0 amide bonds. The Kier molecular flexibility index (Phi) is 3.72. The van der Waals surface area contributed by atoms with Gasteiger partial charge in [-0.15, -0.1) is 0 Å². The van der Waals surface area contributed by atoms with Crippen LogP contribution in [0.5, 0.6) is 0 Å². The van der Waals surface area contributed by atoms with Crippen LogP contribution in [0.4, 0.5) is 0 Å². The Hall–Kier alpha value is -1.64. The number of benzene rings is 2. The third-order valence-corrected chi connectivity index (χ3v) is 3.42. The van der Waals surface area contributed by atoms with E-state index in [0.717, 1.165) is 22.3 Å². The highest BCUT2D eigenvalue weighted by molar-refractivity contribution is 5.70. The van der Waals surface area contributed by atoms with E-state index in [1.807, 2.05) is 48.5 Å². The minimum absolute atomic E-state index is 0.756. The molecule has 2 rings (SSSR count). The lowest BCUT2D eigenvalue weighted by Gasteiger charge is -2.30. The highest BCUT2D eigenvalue weighted by Crippen LogP contribution is 2.38. The van der Waals surface area contributed by atoms with Crippen LogP contribution in [0.1, 0.15) is 38.8 Å². The monoisotopic (exact) mass is 270 g/mol. The minimum Gasteiger partial charge on any atom is -0.386 e. The zero-order chi connectivity index (χ0) is 15.0. The Balaban J connectivity index is 2.77. The summed E-state index contributed by atoms with van der Waals surface area (Å²) in [7, 11) is 0. The SMILES string of the molecule is CC(C)(O)c1cccc(-c2ccccc2)c1C(C)(C)O. The van der Waals surface area contributed by atoms with Crippen LogP contribution in [0.15, 0.2) is 48.5 Å². The van der Waals surface area contributed by atoms with E-state index in [4.69, 9.17) is 0 Å². The summed E-state index contributed by atoms with van der Waals surface area (Å²) in [4.78, 5) is 0. The summed E-state index contributed by atoms with van der Waals surface area (Å²) in [5, 5.41) is 21.0. The van der Waals surface area contributed by atoms with Crippen LogP contribution >= 0.6 is 0 Å². The van der Waals surface area contributed by atoms with Gasteiger partial charge in [-0.25, -0.2) is 0 Å². The van der Waals surface area contributed by atoms with Crippen LogP contribution in [-0.4, -0.2) is 10.2 Å². The Morgan fingerprint density at radius 3 is 1.80 bits per heavy atom. The molecule has 0 spiro atoms. The summed E-state index contributed by atoms with van der Waals surface area (Å²) in [6.45, 7) is 6.99. The maximum Gasteiger partial charge on any atom is 0.0850 e. The summed E-state index contributed by atoms with van der Waals surface area (Å²) < 4.78 is 0. The minimum atomic E-state index is -1.03. The fourth-order valence-electron chi connectivity index (χ4n) is 2.58. The summed E-state index contributed by atoms with van der Waals surface area (Å²) in [5.74, 6) is 0. The van der Waals surface area contributed by atoms with Gasteiger partial charge in [0.2, 0.25) is 0 Å². The van der Waals surface area contributed by atoms with Gasteiger partial charge < -0.3 is 10.2 Å². The molecule has 0 heterocycles. The van der Waals surface area contributed by atoms with E-state index < -0.39 is 11.2 Å². The molecule has 0 atom stereocenters. The topological polar surface area (TPSA) is 40.5 Å². The van der Waals surface area contributed by atoms with Crippen molar-refractivity contribution >= 4 is 0 Å². The van der Waals surface area contributed by atoms with E-state index >= 15 is 0 Å². The molecule has 2 heteroatoms. The van der Waals surface area contributed by atoms with Crippen LogP contribution in [0, 0.1) is 0 Å². The van der Waals surface area contributed by atoms with Gasteiger partial charge in [-0.05, 0) is 49.9 Å². The van der Waals surface area contributed by atoms with E-state index in [0.29, 0.717) is 0 Å². The number of rotatable bonds is 3. The summed E-state index contributed by atoms with van der Waals surface area (Å²) in [6.07, 6.45) is 0. The third kappa shape index (κ3) is 2.92. The van der Waals surface area contributed by atoms with Crippen molar-refractivity contribution in [3.8, 4) is 11.1 Å². The van der Waals surface area contributed by atoms with Crippen molar-refractivity contribution in [2.24, 2.45) is 0 Å². The van der Waals surface area contributed by atoms with Crippen molar-refractivity contribution in [3.05, 3.63) is 59.7 Å². The second kappa shape index (κ2) is 5.04. The standard InChI is InChI=1S/C18H22O2/c1-17(2,19)15-12-8-11-14(16(15)18(3,4)20)13-9-6-5-7-10-13/h5-12,19-20H,1-4H3. The first kappa shape index (κ1) is 14.8. The zero-order valence-corrected chi connectivity index (χ0v) is 12.5. The van der Waals surface area contributed by atoms with Crippen molar-refractivity contribution in [3.63, 3.8) is 0 Å². The molecule has 2 aromatic rings. The van der Waals surface area contributed by atoms with E-state index in [9.17, 15) is 10.2 Å². The Bertz CT molecular complexity index is 587. The molecular weight excluding hydrogens is 248 g/mol. The van der Waals surface area contributed by atoms with Gasteiger partial charge in [-0.2, -0.15) is 0 Å². The normalized spacial score (nSPS) is 12.5. The van der Waals surface area contributed by atoms with Crippen molar-refractivity contribution in [2.75, 3.05) is 0 Å². The first-order valence-corrected chi connectivity index (χ1v) is 6.85. The largest absolute Gasteiger partial charge is 0.386 e. The van der Waals surface area contributed by atoms with Gasteiger partial charge in [0.1, 0.15) is 0 Å². The molecule has 0 saturated heterocycles. The lowest BCUT2D eigenvalue weighted by molar-refractivity contribution is 0.0529. The molecule has 0 saturated carbocycles. The van der Waals surface area contributed by atoms with Crippen LogP contribution in [0.3, 0.4) is 0 Å². The van der Waals surface area contributed by atoms with E-state index in [-0.39, 0.29) is 0 Å². The maximum absolute atomic E-state index is 10.6. The van der Waals surface area contributed by atoms with E-state index in [1.165, 1.54) is 0 Å². The van der Waals surface area contributed by atoms with Crippen molar-refractivity contribution < 1.29 is 10.2 Å². The van der Waals surface area contributed by atoms with Crippen molar-refractivity contribution in [1.29, 1.82) is 0 Å². The van der Waals surface area contributed by atoms with Crippen molar-refractivity contribution in [1.82, 2.24) is 0 Å². The Morgan fingerprint density at radius 2 is 1.30 bits per heavy atom. The van der Waals surface area contributed by atoms with Gasteiger partial charge in [0.15, 0.2) is 0 Å². The molecule has 0 radical (unpaired) electrons. The first-order chi connectivity index (χ1) is 9.21. The molecule has 2 aromatic carbocycles. The molecule has 0 bridgehead atoms. The van der Waals surface area contributed by atoms with Gasteiger partial charge in [-0.3, -0.25) is 0 Å². The molecule has 0 unspecified atom stereocenters. The Labute approximate surface area is 120 Å². The lowest BCUT2D eigenvalue weighted by atomic mass is 9.81. The Morgan fingerprint density at radius 1 is 0.700 bits per heavy atom. The fourth-order valence-corrected chi connectivity index (χ4v) is 2.58. The highest BCUT2D eigenvalue weighted by atomic mass is 16.3. The molecule has 2 N–H and O–H groups in total. The molecular formula is C18H22O2. The van der Waals surface area contributed by atoms with Crippen LogP contribution in [-0.2, 0) is 11.2 Å². The highest BCUT2D eigenvalue weighted by Gasteiger charge is 2.30. The molecule has 20 heavy (non-hydrogen) atoms. The van der Waals surface area contributed by atoms with Gasteiger partial charge in [0.25, 0.3) is 0 Å². The third-order valence-electron chi connectivity index (χ3n) is 3.42. The van der Waals surface area contributed by atoms with E-state index in [1.54, 1.807) is 27.7 Å². The predicted octanol–water partition coefficient (Wildman–Crippen LogP) is 3.81. The van der Waals surface area contributed by atoms with Gasteiger partial charge in [0.05, 0.1) is 11.2 Å². The molecule has 0 fully saturated rings. The van der Waals surface area contributed by atoms with Gasteiger partial charge >= 0.3 is 0 Å². The summed E-state index contributed by atoms with van der Waals surface area (Å²) in [6, 6.07) is 15.7. The quantitative estimate of drug-likeness (QED) is 0.890. The van der Waals surface area contributed by atoms with Crippen LogP contribution in [0.25, 0.3) is 11.1 Å². The second-order valence-corrected chi connectivity index (χ2v) is 6.21. The van der Waals surface area contributed by atoms with Crippen LogP contribution in [0.2, 0.25) is 0 Å². The fraction of sp³-hybridized carbons (Fsp3) is 0.333. The molecule has 2 nitrogen and oxygen atoms in total. The number of hydrogen-bond donors (Lipinski definition) is 2. The van der Waals surface area contributed by atoms with E-state index in [2.05, 4.69) is 0 Å². The molecule has 0 aliphatic carbocycles. The summed E-state index contributed by atoms with van der Waals surface area (Å²) >= 11 is 0. The molecule has 0 aliphatic rings. The second-order valence-electron chi connectivity index (χ2n) is 6.21. The number of aliphatic hydroxyl groups is 2. The maximum atomic E-state index is 10.6.